The van der Waals surface area contributed by atoms with Crippen LogP contribution in [0.25, 0.3) is 0 Å². The minimum Gasteiger partial charge on any atom is -0.481 e. The van der Waals surface area contributed by atoms with Gasteiger partial charge < -0.3 is 9.84 Å². The molecule has 1 fully saturated rings. The van der Waals surface area contributed by atoms with Gasteiger partial charge in [0.2, 0.25) is 0 Å². The summed E-state index contributed by atoms with van der Waals surface area (Å²) in [7, 11) is 0. The van der Waals surface area contributed by atoms with Crippen molar-refractivity contribution >= 4 is 5.97 Å². The lowest BCUT2D eigenvalue weighted by Crippen LogP contribution is -2.25. The van der Waals surface area contributed by atoms with Gasteiger partial charge in [-0.3, -0.25) is 4.79 Å². The topological polar surface area (TPSA) is 49.8 Å². The number of carbonyl (C=O) groups is 1. The van der Waals surface area contributed by atoms with Crippen LogP contribution in [0.4, 0.5) is 0 Å². The van der Waals surface area contributed by atoms with Gasteiger partial charge in [-0.05, 0) is 13.8 Å². The van der Waals surface area contributed by atoms with E-state index in [1.807, 2.05) is 6.92 Å². The van der Waals surface area contributed by atoms with E-state index < -0.39 is 5.97 Å². The first kappa shape index (κ1) is 6.55. The molecule has 3 nitrogen and oxygen atoms in total. The van der Waals surface area contributed by atoms with Crippen LogP contribution in [0.1, 0.15) is 13.8 Å². The van der Waals surface area contributed by atoms with Crippen molar-refractivity contribution in [1.82, 2.24) is 0 Å². The van der Waals surface area contributed by atoms with E-state index in [-0.39, 0.29) is 11.5 Å². The zero-order valence-corrected chi connectivity index (χ0v) is 5.55. The molecule has 3 heteroatoms. The van der Waals surface area contributed by atoms with Crippen molar-refractivity contribution in [2.24, 2.45) is 5.92 Å². The number of rotatable bonds is 2. The highest BCUT2D eigenvalue weighted by Gasteiger charge is 2.48. The van der Waals surface area contributed by atoms with E-state index in [0.717, 1.165) is 0 Å². The number of carboxylic acid groups (broad SMARTS) is 1. The molecule has 0 aliphatic carbocycles. The Morgan fingerprint density at radius 3 is 2.44 bits per heavy atom. The molecule has 0 amide bonds. The summed E-state index contributed by atoms with van der Waals surface area (Å²) in [4.78, 5) is 10.3. The fraction of sp³-hybridized carbons (Fsp3) is 0.833. The molecule has 0 saturated carbocycles. The van der Waals surface area contributed by atoms with Crippen molar-refractivity contribution in [3.8, 4) is 0 Å². The smallest absolute Gasteiger partial charge is 0.309 e. The summed E-state index contributed by atoms with van der Waals surface area (Å²) >= 11 is 0. The Kier molecular flexibility index (Phi) is 1.24. The Labute approximate surface area is 53.6 Å². The van der Waals surface area contributed by atoms with Crippen LogP contribution < -0.4 is 0 Å². The predicted octanol–water partition coefficient (Wildman–Crippen LogP) is 0.496. The van der Waals surface area contributed by atoms with Crippen LogP contribution in [0.2, 0.25) is 0 Å². The maximum absolute atomic E-state index is 10.3. The van der Waals surface area contributed by atoms with Crippen LogP contribution in [0.15, 0.2) is 0 Å². The molecule has 2 unspecified atom stereocenters. The van der Waals surface area contributed by atoms with Crippen LogP contribution in [0.3, 0.4) is 0 Å². The molecule has 52 valence electrons. The van der Waals surface area contributed by atoms with Crippen molar-refractivity contribution in [3.05, 3.63) is 0 Å². The Balaban J connectivity index is 2.52. The second-order valence-electron chi connectivity index (χ2n) is 2.66. The summed E-state index contributed by atoms with van der Waals surface area (Å²) < 4.78 is 4.94. The minimum atomic E-state index is -0.782. The zero-order chi connectivity index (χ0) is 7.07. The van der Waals surface area contributed by atoms with Crippen LogP contribution in [-0.2, 0) is 9.53 Å². The van der Waals surface area contributed by atoms with E-state index in [1.165, 1.54) is 0 Å². The van der Waals surface area contributed by atoms with Crippen LogP contribution in [0, 0.1) is 5.92 Å². The summed E-state index contributed by atoms with van der Waals surface area (Å²) in [6.45, 7) is 4.06. The lowest BCUT2D eigenvalue weighted by molar-refractivity contribution is -0.143. The SMILES string of the molecule is CC(C(=O)O)C1(C)CO1. The molecule has 1 saturated heterocycles. The molecule has 1 aliphatic rings. The molecule has 1 N–H and O–H groups in total. The van der Waals surface area contributed by atoms with Gasteiger partial charge in [0.05, 0.1) is 12.5 Å². The number of ether oxygens (including phenoxy) is 1. The molecule has 0 aromatic heterocycles. The Hall–Kier alpha value is -0.570. The monoisotopic (exact) mass is 130 g/mol. The molecule has 2 atom stereocenters. The van der Waals surface area contributed by atoms with Crippen molar-refractivity contribution in [2.45, 2.75) is 19.4 Å². The summed E-state index contributed by atoms with van der Waals surface area (Å²) in [5.74, 6) is -1.16. The third-order valence-corrected chi connectivity index (χ3v) is 1.89. The largest absolute Gasteiger partial charge is 0.481 e. The third kappa shape index (κ3) is 1.05. The summed E-state index contributed by atoms with van der Waals surface area (Å²) in [6, 6.07) is 0. The van der Waals surface area contributed by atoms with Crippen LogP contribution in [0.5, 0.6) is 0 Å². The molecular formula is C6H10O3. The van der Waals surface area contributed by atoms with Gasteiger partial charge in [0.15, 0.2) is 0 Å². The van der Waals surface area contributed by atoms with E-state index in [2.05, 4.69) is 0 Å². The quantitative estimate of drug-likeness (QED) is 0.553. The molecule has 1 aliphatic heterocycles. The number of carboxylic acids is 1. The van der Waals surface area contributed by atoms with E-state index in [4.69, 9.17) is 9.84 Å². The number of hydrogen-bond donors (Lipinski definition) is 1. The van der Waals surface area contributed by atoms with Crippen molar-refractivity contribution in [2.75, 3.05) is 6.61 Å². The second-order valence-corrected chi connectivity index (χ2v) is 2.66. The average molecular weight is 130 g/mol. The normalized spacial score (nSPS) is 35.8. The summed E-state index contributed by atoms with van der Waals surface area (Å²) in [5.41, 5.74) is -0.369. The first-order valence-corrected chi connectivity index (χ1v) is 2.93. The minimum absolute atomic E-state index is 0.369. The van der Waals surface area contributed by atoms with Crippen LogP contribution >= 0.6 is 0 Å². The standard InChI is InChI=1S/C6H10O3/c1-4(5(7)8)6(2)3-9-6/h4H,3H2,1-2H3,(H,7,8). The van der Waals surface area contributed by atoms with Gasteiger partial charge in [0.1, 0.15) is 5.60 Å². The van der Waals surface area contributed by atoms with Gasteiger partial charge in [-0.25, -0.2) is 0 Å². The number of aliphatic carboxylic acids is 1. The molecular weight excluding hydrogens is 120 g/mol. The van der Waals surface area contributed by atoms with Gasteiger partial charge in [0, 0.05) is 0 Å². The Bertz CT molecular complexity index is 137. The molecule has 1 rings (SSSR count). The first-order chi connectivity index (χ1) is 4.06. The molecule has 0 aromatic carbocycles. The van der Waals surface area contributed by atoms with Crippen LogP contribution in [-0.4, -0.2) is 23.3 Å². The van der Waals surface area contributed by atoms with Crippen molar-refractivity contribution in [3.63, 3.8) is 0 Å². The zero-order valence-electron chi connectivity index (χ0n) is 5.55. The molecule has 9 heavy (non-hydrogen) atoms. The molecule has 0 bridgehead atoms. The molecule has 0 spiro atoms. The van der Waals surface area contributed by atoms with Gasteiger partial charge >= 0.3 is 5.97 Å². The number of epoxide rings is 1. The first-order valence-electron chi connectivity index (χ1n) is 2.93. The Morgan fingerprint density at radius 1 is 1.89 bits per heavy atom. The predicted molar refractivity (Wildman–Crippen MR) is 31.2 cm³/mol. The van der Waals surface area contributed by atoms with E-state index in [1.54, 1.807) is 6.92 Å². The van der Waals surface area contributed by atoms with E-state index in [0.29, 0.717) is 6.61 Å². The third-order valence-electron chi connectivity index (χ3n) is 1.89. The van der Waals surface area contributed by atoms with Gasteiger partial charge in [-0.2, -0.15) is 0 Å². The van der Waals surface area contributed by atoms with E-state index >= 15 is 0 Å². The molecule has 1 heterocycles. The van der Waals surface area contributed by atoms with Crippen molar-refractivity contribution < 1.29 is 14.6 Å². The maximum Gasteiger partial charge on any atom is 0.309 e. The molecule has 0 radical (unpaired) electrons. The fourth-order valence-corrected chi connectivity index (χ4v) is 0.625. The highest BCUT2D eigenvalue weighted by molar-refractivity contribution is 5.71. The summed E-state index contributed by atoms with van der Waals surface area (Å²) in [5, 5.41) is 8.48. The van der Waals surface area contributed by atoms with E-state index in [9.17, 15) is 4.79 Å². The fourth-order valence-electron chi connectivity index (χ4n) is 0.625. The summed E-state index contributed by atoms with van der Waals surface area (Å²) in [6.07, 6.45) is 0. The number of hydrogen-bond acceptors (Lipinski definition) is 2. The average Bonchev–Trinajstić information content (AvgIpc) is 2.47. The highest BCUT2D eigenvalue weighted by Crippen LogP contribution is 2.34. The second kappa shape index (κ2) is 1.70. The highest BCUT2D eigenvalue weighted by atomic mass is 16.6. The maximum atomic E-state index is 10.3. The van der Waals surface area contributed by atoms with Crippen molar-refractivity contribution in [1.29, 1.82) is 0 Å². The lowest BCUT2D eigenvalue weighted by Gasteiger charge is -2.08. The Morgan fingerprint density at radius 2 is 2.33 bits per heavy atom. The van der Waals surface area contributed by atoms with Gasteiger partial charge in [0.25, 0.3) is 0 Å². The lowest BCUT2D eigenvalue weighted by atomic mass is 9.97. The van der Waals surface area contributed by atoms with Gasteiger partial charge in [-0.1, -0.05) is 0 Å². The molecule has 0 aromatic rings. The van der Waals surface area contributed by atoms with Gasteiger partial charge in [-0.15, -0.1) is 0 Å².